The Bertz CT molecular complexity index is 500. The monoisotopic (exact) mass is 357 g/mol. The number of halogens is 2. The molecule has 1 saturated carbocycles. The first-order valence-electron chi connectivity index (χ1n) is 8.67. The summed E-state index contributed by atoms with van der Waals surface area (Å²) in [5.74, 6) is 0.644. The van der Waals surface area contributed by atoms with Crippen LogP contribution in [0.3, 0.4) is 0 Å². The van der Waals surface area contributed by atoms with Crippen LogP contribution in [0.4, 0.5) is 0 Å². The van der Waals surface area contributed by atoms with Gasteiger partial charge in [-0.25, -0.2) is 0 Å². The summed E-state index contributed by atoms with van der Waals surface area (Å²) in [6.07, 6.45) is 5.92. The molecule has 0 heterocycles. The summed E-state index contributed by atoms with van der Waals surface area (Å²) in [7, 11) is 1.77. The second-order valence-corrected chi connectivity index (χ2v) is 7.94. The third kappa shape index (κ3) is 4.63. The van der Waals surface area contributed by atoms with E-state index in [9.17, 15) is 0 Å². The van der Waals surface area contributed by atoms with Crippen LogP contribution in [-0.2, 0) is 10.2 Å². The summed E-state index contributed by atoms with van der Waals surface area (Å²) in [4.78, 5) is 0. The lowest BCUT2D eigenvalue weighted by Crippen LogP contribution is -2.53. The Hall–Kier alpha value is -0.280. The zero-order chi connectivity index (χ0) is 16.9. The van der Waals surface area contributed by atoms with Gasteiger partial charge in [0, 0.05) is 25.2 Å². The summed E-state index contributed by atoms with van der Waals surface area (Å²) >= 11 is 12.4. The van der Waals surface area contributed by atoms with Crippen molar-refractivity contribution in [2.75, 3.05) is 20.3 Å². The Morgan fingerprint density at radius 2 is 1.96 bits per heavy atom. The number of hydrogen-bond acceptors (Lipinski definition) is 2. The van der Waals surface area contributed by atoms with Gasteiger partial charge in [-0.2, -0.15) is 0 Å². The number of hydrogen-bond donors (Lipinski definition) is 1. The Kier molecular flexibility index (Phi) is 7.21. The minimum Gasteiger partial charge on any atom is -0.385 e. The van der Waals surface area contributed by atoms with E-state index in [1.807, 2.05) is 6.07 Å². The molecule has 23 heavy (non-hydrogen) atoms. The van der Waals surface area contributed by atoms with E-state index in [-0.39, 0.29) is 5.41 Å². The Labute approximate surface area is 150 Å². The molecule has 1 fully saturated rings. The van der Waals surface area contributed by atoms with Gasteiger partial charge in [-0.1, -0.05) is 49.5 Å². The first kappa shape index (κ1) is 19.1. The molecule has 0 aliphatic heterocycles. The molecule has 1 atom stereocenters. The van der Waals surface area contributed by atoms with E-state index in [0.29, 0.717) is 22.0 Å². The van der Waals surface area contributed by atoms with E-state index >= 15 is 0 Å². The van der Waals surface area contributed by atoms with E-state index < -0.39 is 0 Å². The highest BCUT2D eigenvalue weighted by Crippen LogP contribution is 2.48. The second-order valence-electron chi connectivity index (χ2n) is 7.13. The predicted molar refractivity (Wildman–Crippen MR) is 99.7 cm³/mol. The van der Waals surface area contributed by atoms with Crippen molar-refractivity contribution in [2.45, 2.75) is 57.4 Å². The van der Waals surface area contributed by atoms with Crippen molar-refractivity contribution in [1.29, 1.82) is 0 Å². The number of methoxy groups -OCH3 is 1. The summed E-state index contributed by atoms with van der Waals surface area (Å²) < 4.78 is 5.26. The van der Waals surface area contributed by atoms with Gasteiger partial charge in [0.2, 0.25) is 0 Å². The molecule has 130 valence electrons. The van der Waals surface area contributed by atoms with Crippen LogP contribution >= 0.6 is 23.2 Å². The molecule has 0 spiro atoms. The highest BCUT2D eigenvalue weighted by Gasteiger charge is 2.45. The zero-order valence-corrected chi connectivity index (χ0v) is 16.0. The van der Waals surface area contributed by atoms with Gasteiger partial charge >= 0.3 is 0 Å². The van der Waals surface area contributed by atoms with Crippen molar-refractivity contribution in [1.82, 2.24) is 5.32 Å². The van der Waals surface area contributed by atoms with Gasteiger partial charge in [-0.15, -0.1) is 0 Å². The number of ether oxygens (including phenoxy) is 1. The minimum absolute atomic E-state index is 0.191. The van der Waals surface area contributed by atoms with Crippen LogP contribution in [0.25, 0.3) is 0 Å². The van der Waals surface area contributed by atoms with Gasteiger partial charge in [0.25, 0.3) is 0 Å². The Morgan fingerprint density at radius 3 is 2.48 bits per heavy atom. The molecule has 0 amide bonds. The van der Waals surface area contributed by atoms with Crippen LogP contribution in [0.15, 0.2) is 18.2 Å². The van der Waals surface area contributed by atoms with Crippen LogP contribution in [0.2, 0.25) is 10.0 Å². The van der Waals surface area contributed by atoms with Crippen molar-refractivity contribution in [3.05, 3.63) is 33.8 Å². The molecular weight excluding hydrogens is 329 g/mol. The van der Waals surface area contributed by atoms with E-state index in [1.54, 1.807) is 7.11 Å². The molecule has 1 aromatic rings. The van der Waals surface area contributed by atoms with E-state index in [0.717, 1.165) is 26.0 Å². The van der Waals surface area contributed by atoms with Crippen LogP contribution in [-0.4, -0.2) is 26.3 Å². The van der Waals surface area contributed by atoms with Crippen LogP contribution in [0, 0.1) is 5.92 Å². The van der Waals surface area contributed by atoms with E-state index in [4.69, 9.17) is 27.9 Å². The Balaban J connectivity index is 2.21. The van der Waals surface area contributed by atoms with Gasteiger partial charge in [0.1, 0.15) is 0 Å². The molecule has 0 bridgehead atoms. The first-order chi connectivity index (χ1) is 11.0. The summed E-state index contributed by atoms with van der Waals surface area (Å²) in [5.41, 5.74) is 1.52. The minimum atomic E-state index is 0.191. The maximum atomic E-state index is 6.29. The number of nitrogens with one attached hydrogen (secondary N) is 1. The molecule has 2 nitrogen and oxygen atoms in total. The van der Waals surface area contributed by atoms with Crippen LogP contribution in [0.1, 0.15) is 51.5 Å². The molecule has 1 unspecified atom stereocenters. The van der Waals surface area contributed by atoms with Gasteiger partial charge in [0.05, 0.1) is 10.0 Å². The standard InChI is InChI=1S/C19H29Cl2NO/c1-14(2)13-22-18(6-4-11-23-3)19(9-5-10-19)15-7-8-16(20)17(21)12-15/h7-8,12,14,18,22H,4-6,9-11,13H2,1-3H3. The van der Waals surface area contributed by atoms with Gasteiger partial charge < -0.3 is 10.1 Å². The third-order valence-electron chi connectivity index (χ3n) is 5.02. The van der Waals surface area contributed by atoms with E-state index in [2.05, 4.69) is 31.3 Å². The van der Waals surface area contributed by atoms with Crippen LogP contribution in [0.5, 0.6) is 0 Å². The van der Waals surface area contributed by atoms with Gasteiger partial charge in [-0.05, 0) is 55.8 Å². The van der Waals surface area contributed by atoms with Gasteiger partial charge in [-0.3, -0.25) is 0 Å². The largest absolute Gasteiger partial charge is 0.385 e. The SMILES string of the molecule is COCCCC(NCC(C)C)C1(c2ccc(Cl)c(Cl)c2)CCC1. The van der Waals surface area contributed by atoms with Crippen LogP contribution < -0.4 is 5.32 Å². The maximum absolute atomic E-state index is 6.29. The summed E-state index contributed by atoms with van der Waals surface area (Å²) in [6.45, 7) is 6.37. The number of benzene rings is 1. The third-order valence-corrected chi connectivity index (χ3v) is 5.76. The molecule has 0 saturated heterocycles. The van der Waals surface area contributed by atoms with Crippen molar-refractivity contribution in [3.8, 4) is 0 Å². The lowest BCUT2D eigenvalue weighted by molar-refractivity contribution is 0.138. The molecule has 4 heteroatoms. The predicted octanol–water partition coefficient (Wildman–Crippen LogP) is 5.46. The van der Waals surface area contributed by atoms with Crippen molar-refractivity contribution >= 4 is 23.2 Å². The molecule has 2 rings (SSSR count). The molecule has 0 aromatic heterocycles. The maximum Gasteiger partial charge on any atom is 0.0595 e. The average molecular weight is 358 g/mol. The van der Waals surface area contributed by atoms with Crippen molar-refractivity contribution in [3.63, 3.8) is 0 Å². The molecule has 1 aliphatic rings. The lowest BCUT2D eigenvalue weighted by Gasteiger charge is -2.49. The average Bonchev–Trinajstić information content (AvgIpc) is 2.46. The summed E-state index contributed by atoms with van der Waals surface area (Å²) in [5, 5.41) is 5.12. The lowest BCUT2D eigenvalue weighted by atomic mass is 9.59. The fourth-order valence-electron chi connectivity index (χ4n) is 3.59. The topological polar surface area (TPSA) is 21.3 Å². The quantitative estimate of drug-likeness (QED) is 0.592. The normalized spacial score (nSPS) is 18.0. The molecule has 1 aliphatic carbocycles. The zero-order valence-electron chi connectivity index (χ0n) is 14.5. The van der Waals surface area contributed by atoms with E-state index in [1.165, 1.54) is 24.8 Å². The highest BCUT2D eigenvalue weighted by atomic mass is 35.5. The first-order valence-corrected chi connectivity index (χ1v) is 9.43. The fraction of sp³-hybridized carbons (Fsp3) is 0.684. The summed E-state index contributed by atoms with van der Waals surface area (Å²) in [6, 6.07) is 6.64. The fourth-order valence-corrected chi connectivity index (χ4v) is 3.88. The van der Waals surface area contributed by atoms with Crippen molar-refractivity contribution < 1.29 is 4.74 Å². The number of rotatable bonds is 9. The van der Waals surface area contributed by atoms with Gasteiger partial charge in [0.15, 0.2) is 0 Å². The molecule has 0 radical (unpaired) electrons. The highest BCUT2D eigenvalue weighted by molar-refractivity contribution is 6.42. The second kappa shape index (κ2) is 8.71. The molecular formula is C19H29Cl2NO. The Morgan fingerprint density at radius 1 is 1.22 bits per heavy atom. The molecule has 1 N–H and O–H groups in total. The van der Waals surface area contributed by atoms with Crippen molar-refractivity contribution in [2.24, 2.45) is 5.92 Å². The molecule has 1 aromatic carbocycles. The smallest absolute Gasteiger partial charge is 0.0595 e.